The van der Waals surface area contributed by atoms with Crippen LogP contribution in [0.4, 0.5) is 18.9 Å². The molecule has 0 radical (unpaired) electrons. The van der Waals surface area contributed by atoms with Crippen molar-refractivity contribution in [3.8, 4) is 17.2 Å². The summed E-state index contributed by atoms with van der Waals surface area (Å²) in [6, 6.07) is 5.18. The molecular weight excluding hydrogens is 625 g/mol. The first-order chi connectivity index (χ1) is 20.5. The van der Waals surface area contributed by atoms with E-state index in [1.54, 1.807) is 20.8 Å². The highest BCUT2D eigenvalue weighted by Gasteiger charge is 2.40. The number of rotatable bonds is 8. The maximum absolute atomic E-state index is 14.3. The molecule has 1 aromatic heterocycles. The first-order valence-corrected chi connectivity index (χ1v) is 15.5. The lowest BCUT2D eigenvalue weighted by Gasteiger charge is -2.38. The standard InChI is InChI=1S/C30H30ClF3N2O7S/c1-17-18(2)27-23(19(3)26(17)42-20(4)37)10-11-29(5,43-27)15-41-25-9-8-22(13-24(25)30(32,33)34)36(44(39,40)16-31)28(38)21-7-6-12-35-14-21/h6-9,12-14H,10-11,15-16H2,1-5H3. The largest absolute Gasteiger partial charge is 0.489 e. The second-order valence-electron chi connectivity index (χ2n) is 10.7. The number of aromatic nitrogens is 1. The Bertz CT molecular complexity index is 1720. The van der Waals surface area contributed by atoms with E-state index in [1.165, 1.54) is 25.3 Å². The highest BCUT2D eigenvalue weighted by molar-refractivity contribution is 7.94. The number of carbonyl (C=O) groups is 2. The molecule has 0 bridgehead atoms. The van der Waals surface area contributed by atoms with Crippen molar-refractivity contribution in [2.75, 3.05) is 16.1 Å². The van der Waals surface area contributed by atoms with Gasteiger partial charge in [-0.1, -0.05) is 0 Å². The molecule has 1 aliphatic rings. The second kappa shape index (κ2) is 12.3. The molecule has 14 heteroatoms. The van der Waals surface area contributed by atoms with Crippen LogP contribution >= 0.6 is 11.6 Å². The molecule has 1 atom stereocenters. The van der Waals surface area contributed by atoms with Crippen LogP contribution in [0.3, 0.4) is 0 Å². The van der Waals surface area contributed by atoms with Crippen LogP contribution in [0.2, 0.25) is 0 Å². The number of pyridine rings is 1. The van der Waals surface area contributed by atoms with Gasteiger partial charge in [0.15, 0.2) is 0 Å². The number of carbonyl (C=O) groups excluding carboxylic acids is 2. The summed E-state index contributed by atoms with van der Waals surface area (Å²) in [5, 5.41) is -1.06. The molecule has 9 nitrogen and oxygen atoms in total. The highest BCUT2D eigenvalue weighted by atomic mass is 35.5. The van der Waals surface area contributed by atoms with Gasteiger partial charge in [-0.2, -0.15) is 13.2 Å². The van der Waals surface area contributed by atoms with Crippen molar-refractivity contribution in [2.45, 2.75) is 59.2 Å². The average Bonchev–Trinajstić information content (AvgIpc) is 2.97. The van der Waals surface area contributed by atoms with Crippen LogP contribution in [0.5, 0.6) is 17.2 Å². The van der Waals surface area contributed by atoms with Gasteiger partial charge >= 0.3 is 12.1 Å². The van der Waals surface area contributed by atoms with Crippen molar-refractivity contribution in [1.82, 2.24) is 4.98 Å². The normalized spacial score (nSPS) is 16.5. The molecule has 0 aliphatic carbocycles. The van der Waals surface area contributed by atoms with Gasteiger partial charge in [-0.25, -0.2) is 12.7 Å². The SMILES string of the molecule is CC(=O)Oc1c(C)c(C)c2c(c1C)CCC(C)(COc1ccc(N(C(=O)c3cccnc3)S(=O)(=O)CCl)cc1C(F)(F)F)O2. The van der Waals surface area contributed by atoms with Gasteiger partial charge in [-0.05, 0) is 87.6 Å². The molecule has 1 unspecified atom stereocenters. The fourth-order valence-electron chi connectivity index (χ4n) is 4.96. The predicted octanol–water partition coefficient (Wildman–Crippen LogP) is 6.29. The molecule has 0 saturated heterocycles. The Morgan fingerprint density at radius 1 is 1.14 bits per heavy atom. The van der Waals surface area contributed by atoms with Gasteiger partial charge < -0.3 is 14.2 Å². The van der Waals surface area contributed by atoms with E-state index >= 15 is 0 Å². The molecule has 1 aliphatic heterocycles. The fourth-order valence-corrected chi connectivity index (χ4v) is 6.14. The first-order valence-electron chi connectivity index (χ1n) is 13.4. The van der Waals surface area contributed by atoms with Crippen molar-refractivity contribution in [3.05, 3.63) is 76.1 Å². The molecule has 0 fully saturated rings. The summed E-state index contributed by atoms with van der Waals surface area (Å²) in [5.41, 5.74) is -0.0597. The zero-order valence-electron chi connectivity index (χ0n) is 24.5. The van der Waals surface area contributed by atoms with Gasteiger partial charge in [0.2, 0.25) is 0 Å². The van der Waals surface area contributed by atoms with Gasteiger partial charge in [-0.3, -0.25) is 14.6 Å². The predicted molar refractivity (Wildman–Crippen MR) is 157 cm³/mol. The van der Waals surface area contributed by atoms with Gasteiger partial charge in [0.05, 0.1) is 16.8 Å². The first kappa shape index (κ1) is 33.1. The Kier molecular flexibility index (Phi) is 9.22. The molecule has 0 N–H and O–H groups in total. The molecule has 1 amide bonds. The smallest absolute Gasteiger partial charge is 0.420 e. The lowest BCUT2D eigenvalue weighted by atomic mass is 9.87. The van der Waals surface area contributed by atoms with Crippen LogP contribution in [0.15, 0.2) is 42.7 Å². The number of alkyl halides is 4. The fraction of sp³-hybridized carbons (Fsp3) is 0.367. The zero-order valence-corrected chi connectivity index (χ0v) is 26.1. The molecule has 2 aromatic carbocycles. The molecule has 3 aromatic rings. The average molecular weight is 655 g/mol. The minimum Gasteiger partial charge on any atom is -0.489 e. The quantitative estimate of drug-likeness (QED) is 0.158. The third kappa shape index (κ3) is 6.63. The summed E-state index contributed by atoms with van der Waals surface area (Å²) in [7, 11) is -4.56. The zero-order chi connectivity index (χ0) is 32.6. The van der Waals surface area contributed by atoms with Crippen LogP contribution in [0, 0.1) is 20.8 Å². The van der Waals surface area contributed by atoms with E-state index in [0.29, 0.717) is 36.0 Å². The number of fused-ring (bicyclic) bond motifs is 1. The number of ether oxygens (including phenoxy) is 3. The van der Waals surface area contributed by atoms with E-state index in [4.69, 9.17) is 25.8 Å². The number of amides is 1. The molecular formula is C30H30ClF3N2O7S. The lowest BCUT2D eigenvalue weighted by Crippen LogP contribution is -2.43. The van der Waals surface area contributed by atoms with Crippen LogP contribution < -0.4 is 18.5 Å². The number of hydrogen-bond acceptors (Lipinski definition) is 8. The summed E-state index contributed by atoms with van der Waals surface area (Å²) in [4.78, 5) is 28.5. The molecule has 0 spiro atoms. The monoisotopic (exact) mass is 654 g/mol. The number of benzene rings is 2. The van der Waals surface area contributed by atoms with Gasteiger partial charge in [0.25, 0.3) is 15.9 Å². The third-order valence-corrected chi connectivity index (χ3v) is 9.39. The maximum Gasteiger partial charge on any atom is 0.420 e. The summed E-state index contributed by atoms with van der Waals surface area (Å²) < 4.78 is 86.1. The minimum atomic E-state index is -4.97. The van der Waals surface area contributed by atoms with E-state index in [1.807, 2.05) is 6.92 Å². The highest BCUT2D eigenvalue weighted by Crippen LogP contribution is 2.45. The summed E-state index contributed by atoms with van der Waals surface area (Å²) in [6.07, 6.45) is -1.67. The number of esters is 1. The topological polar surface area (TPSA) is 112 Å². The Morgan fingerprint density at radius 3 is 2.43 bits per heavy atom. The second-order valence-corrected chi connectivity index (χ2v) is 13.1. The molecule has 2 heterocycles. The van der Waals surface area contributed by atoms with Crippen LogP contribution in [-0.4, -0.2) is 42.7 Å². The molecule has 236 valence electrons. The Balaban J connectivity index is 1.66. The summed E-state index contributed by atoms with van der Waals surface area (Å²) in [5.74, 6) is -1.15. The minimum absolute atomic E-state index is 0.168. The van der Waals surface area contributed by atoms with E-state index < -0.39 is 55.9 Å². The lowest BCUT2D eigenvalue weighted by molar-refractivity contribution is -0.139. The maximum atomic E-state index is 14.3. The third-order valence-electron chi connectivity index (χ3n) is 7.35. The van der Waals surface area contributed by atoms with Crippen LogP contribution in [-0.2, 0) is 27.4 Å². The van der Waals surface area contributed by atoms with Crippen molar-refractivity contribution in [1.29, 1.82) is 0 Å². The number of anilines is 1. The van der Waals surface area contributed by atoms with Crippen molar-refractivity contribution in [3.63, 3.8) is 0 Å². The molecule has 0 saturated carbocycles. The Labute approximate surface area is 257 Å². The van der Waals surface area contributed by atoms with Gasteiger partial charge in [0.1, 0.15) is 34.7 Å². The van der Waals surface area contributed by atoms with E-state index in [2.05, 4.69) is 4.98 Å². The van der Waals surface area contributed by atoms with E-state index in [9.17, 15) is 31.2 Å². The molecule has 4 rings (SSSR count). The molecule has 44 heavy (non-hydrogen) atoms. The number of nitrogens with zero attached hydrogens (tertiary/aromatic N) is 2. The Morgan fingerprint density at radius 2 is 1.84 bits per heavy atom. The van der Waals surface area contributed by atoms with Gasteiger partial charge in [-0.15, -0.1) is 11.6 Å². The summed E-state index contributed by atoms with van der Waals surface area (Å²) >= 11 is 5.60. The van der Waals surface area contributed by atoms with Crippen molar-refractivity contribution >= 4 is 39.2 Å². The van der Waals surface area contributed by atoms with Crippen molar-refractivity contribution < 1.29 is 45.4 Å². The Hall–Kier alpha value is -3.84. The van der Waals surface area contributed by atoms with E-state index in [0.717, 1.165) is 35.0 Å². The summed E-state index contributed by atoms with van der Waals surface area (Å²) in [6.45, 7) is 8.15. The number of sulfonamides is 1. The van der Waals surface area contributed by atoms with Crippen LogP contribution in [0.1, 0.15) is 58.4 Å². The van der Waals surface area contributed by atoms with Crippen LogP contribution in [0.25, 0.3) is 0 Å². The van der Waals surface area contributed by atoms with E-state index in [-0.39, 0.29) is 16.5 Å². The van der Waals surface area contributed by atoms with Crippen molar-refractivity contribution in [2.24, 2.45) is 0 Å². The van der Waals surface area contributed by atoms with Gasteiger partial charge in [0, 0.05) is 24.9 Å². The number of halogens is 4. The number of hydrogen-bond donors (Lipinski definition) is 0.